The van der Waals surface area contributed by atoms with Crippen molar-refractivity contribution in [3.8, 4) is 11.5 Å². The van der Waals surface area contributed by atoms with Crippen molar-refractivity contribution in [3.05, 3.63) is 47.0 Å². The minimum absolute atomic E-state index is 0.139. The Morgan fingerprint density at radius 1 is 1.07 bits per heavy atom. The van der Waals surface area contributed by atoms with E-state index in [0.29, 0.717) is 42.6 Å². The van der Waals surface area contributed by atoms with E-state index in [9.17, 15) is 14.7 Å². The minimum Gasteiger partial charge on any atom is -0.506 e. The number of para-hydroxylation sites is 2. The molecule has 30 heavy (non-hydrogen) atoms. The maximum Gasteiger partial charge on any atom is 0.251 e. The number of nitrogens with zero attached hydrogens (tertiary/aromatic N) is 3. The lowest BCUT2D eigenvalue weighted by atomic mass is 10.1. The zero-order valence-corrected chi connectivity index (χ0v) is 17.7. The number of rotatable bonds is 4. The summed E-state index contributed by atoms with van der Waals surface area (Å²) in [5, 5.41) is 10.6. The fraction of sp³-hybridized carbons (Fsp3) is 0.364. The molecule has 2 fully saturated rings. The van der Waals surface area contributed by atoms with Gasteiger partial charge in [0.2, 0.25) is 5.91 Å². The number of halogens is 1. The lowest BCUT2D eigenvalue weighted by molar-refractivity contribution is -0.123. The van der Waals surface area contributed by atoms with Crippen LogP contribution in [-0.2, 0) is 9.59 Å². The summed E-state index contributed by atoms with van der Waals surface area (Å²) in [4.78, 5) is 31.4. The van der Waals surface area contributed by atoms with Crippen molar-refractivity contribution in [3.63, 3.8) is 0 Å². The van der Waals surface area contributed by atoms with Gasteiger partial charge in [0.15, 0.2) is 0 Å². The first-order chi connectivity index (χ1) is 14.4. The molecule has 0 bridgehead atoms. The Labute approximate surface area is 180 Å². The monoisotopic (exact) mass is 429 g/mol. The number of amides is 2. The molecule has 0 radical (unpaired) electrons. The van der Waals surface area contributed by atoms with Gasteiger partial charge in [-0.25, -0.2) is 4.90 Å². The van der Waals surface area contributed by atoms with Crippen LogP contribution < -0.4 is 14.5 Å². The molecule has 1 N–H and O–H groups in total. The third-order valence-electron chi connectivity index (χ3n) is 5.80. The average Bonchev–Trinajstić information content (AvgIpc) is 3.04. The largest absolute Gasteiger partial charge is 0.506 e. The number of methoxy groups -OCH3 is 1. The number of carbonyl (C=O) groups excluding carboxylic acids is 2. The van der Waals surface area contributed by atoms with Crippen LogP contribution in [-0.4, -0.2) is 61.2 Å². The Bertz CT molecular complexity index is 988. The van der Waals surface area contributed by atoms with Gasteiger partial charge in [-0.1, -0.05) is 23.7 Å². The van der Waals surface area contributed by atoms with E-state index in [2.05, 4.69) is 4.90 Å². The molecular formula is C22H24ClN3O4. The Hall–Kier alpha value is -2.77. The van der Waals surface area contributed by atoms with E-state index >= 15 is 0 Å². The molecule has 2 aromatic rings. The van der Waals surface area contributed by atoms with Gasteiger partial charge in [-0.05, 0) is 30.7 Å². The summed E-state index contributed by atoms with van der Waals surface area (Å²) < 4.78 is 5.37. The van der Waals surface area contributed by atoms with Crippen LogP contribution in [0.15, 0.2) is 36.4 Å². The molecule has 1 atom stereocenters. The van der Waals surface area contributed by atoms with Gasteiger partial charge in [0.25, 0.3) is 5.91 Å². The number of hydrogen-bond donors (Lipinski definition) is 1. The SMILES string of the molecule is COc1cc(Cl)c(C)cc1N1C(=O)CC(N2CCN(c3ccccc3O)CC2)C1=O. The van der Waals surface area contributed by atoms with Crippen LogP contribution in [0, 0.1) is 6.92 Å². The molecule has 2 aliphatic rings. The van der Waals surface area contributed by atoms with Crippen molar-refractivity contribution in [2.75, 3.05) is 43.1 Å². The van der Waals surface area contributed by atoms with Crippen molar-refractivity contribution in [2.45, 2.75) is 19.4 Å². The molecule has 158 valence electrons. The zero-order valence-electron chi connectivity index (χ0n) is 17.0. The van der Waals surface area contributed by atoms with E-state index in [4.69, 9.17) is 16.3 Å². The number of aryl methyl sites for hydroxylation is 1. The lowest BCUT2D eigenvalue weighted by Crippen LogP contribution is -2.52. The van der Waals surface area contributed by atoms with E-state index in [1.807, 2.05) is 24.0 Å². The van der Waals surface area contributed by atoms with Gasteiger partial charge in [0, 0.05) is 37.3 Å². The Morgan fingerprint density at radius 2 is 1.77 bits per heavy atom. The molecule has 2 aromatic carbocycles. The molecule has 2 aliphatic heterocycles. The van der Waals surface area contributed by atoms with Gasteiger partial charge in [0.05, 0.1) is 30.9 Å². The molecule has 1 unspecified atom stereocenters. The van der Waals surface area contributed by atoms with E-state index < -0.39 is 6.04 Å². The van der Waals surface area contributed by atoms with Crippen LogP contribution in [0.4, 0.5) is 11.4 Å². The summed E-state index contributed by atoms with van der Waals surface area (Å²) in [6.07, 6.45) is 0.139. The zero-order chi connectivity index (χ0) is 21.4. The number of phenols is 1. The third-order valence-corrected chi connectivity index (χ3v) is 6.21. The van der Waals surface area contributed by atoms with E-state index in [0.717, 1.165) is 11.3 Å². The van der Waals surface area contributed by atoms with Crippen LogP contribution in [0.25, 0.3) is 0 Å². The fourth-order valence-corrected chi connectivity index (χ4v) is 4.30. The maximum absolute atomic E-state index is 13.2. The molecule has 0 aromatic heterocycles. The number of phenolic OH excluding ortho intramolecular Hbond substituents is 1. The first kappa shape index (κ1) is 20.5. The number of hydrogen-bond acceptors (Lipinski definition) is 6. The van der Waals surface area contributed by atoms with Crippen LogP contribution in [0.2, 0.25) is 5.02 Å². The van der Waals surface area contributed by atoms with Gasteiger partial charge in [-0.15, -0.1) is 0 Å². The molecule has 0 aliphatic carbocycles. The molecular weight excluding hydrogens is 406 g/mol. The minimum atomic E-state index is -0.496. The fourth-order valence-electron chi connectivity index (χ4n) is 4.15. The van der Waals surface area contributed by atoms with Gasteiger partial charge < -0.3 is 14.7 Å². The van der Waals surface area contributed by atoms with Gasteiger partial charge in [0.1, 0.15) is 11.5 Å². The summed E-state index contributed by atoms with van der Waals surface area (Å²) >= 11 is 6.17. The molecule has 4 rings (SSSR count). The first-order valence-corrected chi connectivity index (χ1v) is 10.3. The van der Waals surface area contributed by atoms with E-state index in [1.54, 1.807) is 24.3 Å². The summed E-state index contributed by atoms with van der Waals surface area (Å²) in [6.45, 7) is 4.41. The topological polar surface area (TPSA) is 73.3 Å². The van der Waals surface area contributed by atoms with Crippen LogP contribution in [0.5, 0.6) is 11.5 Å². The summed E-state index contributed by atoms with van der Waals surface area (Å²) in [5.74, 6) is 0.163. The highest BCUT2D eigenvalue weighted by molar-refractivity contribution is 6.32. The highest BCUT2D eigenvalue weighted by atomic mass is 35.5. The number of piperazine rings is 1. The summed E-state index contributed by atoms with van der Waals surface area (Å²) in [5.41, 5.74) is 1.99. The van der Waals surface area contributed by atoms with E-state index in [1.165, 1.54) is 12.0 Å². The van der Waals surface area contributed by atoms with Crippen LogP contribution >= 0.6 is 11.6 Å². The number of aromatic hydroxyl groups is 1. The number of anilines is 2. The lowest BCUT2D eigenvalue weighted by Gasteiger charge is -2.38. The second-order valence-electron chi connectivity index (χ2n) is 7.57. The summed E-state index contributed by atoms with van der Waals surface area (Å²) in [7, 11) is 1.49. The molecule has 0 saturated carbocycles. The number of carbonyl (C=O) groups is 2. The van der Waals surface area contributed by atoms with Gasteiger partial charge >= 0.3 is 0 Å². The second kappa shape index (κ2) is 8.16. The van der Waals surface area contributed by atoms with Crippen molar-refractivity contribution < 1.29 is 19.4 Å². The third kappa shape index (κ3) is 3.59. The van der Waals surface area contributed by atoms with Crippen molar-refractivity contribution >= 4 is 34.8 Å². The number of ether oxygens (including phenoxy) is 1. The number of benzene rings is 2. The Kier molecular flexibility index (Phi) is 5.58. The Morgan fingerprint density at radius 3 is 2.43 bits per heavy atom. The molecule has 2 heterocycles. The van der Waals surface area contributed by atoms with Gasteiger partial charge in [-0.3, -0.25) is 14.5 Å². The molecule has 2 amide bonds. The summed E-state index contributed by atoms with van der Waals surface area (Å²) in [6, 6.07) is 10.1. The maximum atomic E-state index is 13.2. The smallest absolute Gasteiger partial charge is 0.251 e. The van der Waals surface area contributed by atoms with Crippen LogP contribution in [0.3, 0.4) is 0 Å². The molecule has 7 nitrogen and oxygen atoms in total. The predicted octanol–water partition coefficient (Wildman–Crippen LogP) is 2.82. The molecule has 2 saturated heterocycles. The average molecular weight is 430 g/mol. The Balaban J connectivity index is 1.50. The predicted molar refractivity (Wildman–Crippen MR) is 116 cm³/mol. The quantitative estimate of drug-likeness (QED) is 0.753. The highest BCUT2D eigenvalue weighted by Gasteiger charge is 2.44. The molecule has 8 heteroatoms. The van der Waals surface area contributed by atoms with Gasteiger partial charge in [-0.2, -0.15) is 0 Å². The molecule has 0 spiro atoms. The second-order valence-corrected chi connectivity index (χ2v) is 7.98. The van der Waals surface area contributed by atoms with Crippen molar-refractivity contribution in [1.29, 1.82) is 0 Å². The number of imide groups is 1. The van der Waals surface area contributed by atoms with E-state index in [-0.39, 0.29) is 24.0 Å². The highest BCUT2D eigenvalue weighted by Crippen LogP contribution is 2.37. The van der Waals surface area contributed by atoms with Crippen molar-refractivity contribution in [1.82, 2.24) is 4.90 Å². The standard InChI is InChI=1S/C22H24ClN3O4/c1-14-11-17(20(30-2)12-15(14)23)26-21(28)13-18(22(26)29)25-9-7-24(8-10-25)16-5-3-4-6-19(16)27/h3-6,11-12,18,27H,7-10,13H2,1-2H3. The normalized spacial score (nSPS) is 20.2. The first-order valence-electron chi connectivity index (χ1n) is 9.88. The van der Waals surface area contributed by atoms with Crippen LogP contribution in [0.1, 0.15) is 12.0 Å². The van der Waals surface area contributed by atoms with Crippen molar-refractivity contribution in [2.24, 2.45) is 0 Å².